The summed E-state index contributed by atoms with van der Waals surface area (Å²) in [5.41, 5.74) is 4.06. The maximum absolute atomic E-state index is 13.6. The first-order valence-electron chi connectivity index (χ1n) is 10.3. The highest BCUT2D eigenvalue weighted by molar-refractivity contribution is 5.94. The summed E-state index contributed by atoms with van der Waals surface area (Å²) in [6, 6.07) is 20.7. The first-order chi connectivity index (χ1) is 16.1. The molecule has 3 aromatic rings. The largest absolute Gasteiger partial charge is 0.493 e. The van der Waals surface area contributed by atoms with Crippen LogP contribution in [0.1, 0.15) is 27.9 Å². The van der Waals surface area contributed by atoms with Gasteiger partial charge in [0.15, 0.2) is 11.5 Å². The van der Waals surface area contributed by atoms with Gasteiger partial charge in [0.05, 0.1) is 18.9 Å². The predicted molar refractivity (Wildman–Crippen MR) is 123 cm³/mol. The minimum absolute atomic E-state index is 0.00683. The van der Waals surface area contributed by atoms with E-state index < -0.39 is 17.6 Å². The summed E-state index contributed by atoms with van der Waals surface area (Å²) >= 11 is 0. The summed E-state index contributed by atoms with van der Waals surface area (Å²) in [5, 5.41) is 6.42. The highest BCUT2D eigenvalue weighted by Gasteiger charge is 2.10. The molecule has 0 bridgehead atoms. The van der Waals surface area contributed by atoms with E-state index in [9.17, 15) is 14.0 Å². The SMILES string of the molecule is COc1cc(C=NNC(=O)CCNC(=O)c2ccccc2F)ccc1OCc1ccccc1. The number of benzene rings is 3. The standard InChI is InChI=1S/C25H24FN3O4/c1-32-23-15-19(11-12-22(23)33-17-18-7-3-2-4-8-18)16-28-29-24(30)13-14-27-25(31)20-9-5-6-10-21(20)26/h2-12,15-16H,13-14,17H2,1H3,(H,27,31)(H,29,30). The number of rotatable bonds is 10. The Balaban J connectivity index is 1.45. The molecule has 0 saturated carbocycles. The summed E-state index contributed by atoms with van der Waals surface area (Å²) in [6.45, 7) is 0.462. The van der Waals surface area contributed by atoms with Crippen molar-refractivity contribution in [3.05, 3.63) is 95.3 Å². The van der Waals surface area contributed by atoms with E-state index in [0.717, 1.165) is 5.56 Å². The van der Waals surface area contributed by atoms with E-state index >= 15 is 0 Å². The van der Waals surface area contributed by atoms with Crippen LogP contribution in [0.25, 0.3) is 0 Å². The van der Waals surface area contributed by atoms with Crippen LogP contribution in [0, 0.1) is 5.82 Å². The molecule has 3 aromatic carbocycles. The Morgan fingerprint density at radius 2 is 1.76 bits per heavy atom. The lowest BCUT2D eigenvalue weighted by Gasteiger charge is -2.11. The number of ether oxygens (including phenoxy) is 2. The molecule has 0 aromatic heterocycles. The van der Waals surface area contributed by atoms with Crippen LogP contribution >= 0.6 is 0 Å². The number of nitrogens with zero attached hydrogens (tertiary/aromatic N) is 1. The number of nitrogens with one attached hydrogen (secondary N) is 2. The van der Waals surface area contributed by atoms with Crippen molar-refractivity contribution in [3.63, 3.8) is 0 Å². The monoisotopic (exact) mass is 449 g/mol. The number of hydrogen-bond donors (Lipinski definition) is 2. The van der Waals surface area contributed by atoms with Crippen LogP contribution in [0.5, 0.6) is 11.5 Å². The van der Waals surface area contributed by atoms with Crippen molar-refractivity contribution < 1.29 is 23.5 Å². The molecule has 0 unspecified atom stereocenters. The molecule has 2 amide bonds. The molecule has 0 radical (unpaired) electrons. The van der Waals surface area contributed by atoms with Crippen molar-refractivity contribution >= 4 is 18.0 Å². The van der Waals surface area contributed by atoms with Gasteiger partial charge >= 0.3 is 0 Å². The number of methoxy groups -OCH3 is 1. The molecule has 0 atom stereocenters. The highest BCUT2D eigenvalue weighted by atomic mass is 19.1. The Hall–Kier alpha value is -4.20. The van der Waals surface area contributed by atoms with E-state index in [1.54, 1.807) is 31.4 Å². The number of halogens is 1. The zero-order valence-corrected chi connectivity index (χ0v) is 18.1. The Morgan fingerprint density at radius 3 is 2.52 bits per heavy atom. The molecule has 170 valence electrons. The van der Waals surface area contributed by atoms with Gasteiger partial charge in [0.25, 0.3) is 5.91 Å². The third-order valence-corrected chi connectivity index (χ3v) is 4.58. The lowest BCUT2D eigenvalue weighted by atomic mass is 10.2. The molecule has 0 saturated heterocycles. The summed E-state index contributed by atoms with van der Waals surface area (Å²) in [6.07, 6.45) is 1.46. The van der Waals surface area contributed by atoms with Crippen molar-refractivity contribution in [2.45, 2.75) is 13.0 Å². The molecule has 0 spiro atoms. The van der Waals surface area contributed by atoms with Crippen LogP contribution in [0.4, 0.5) is 4.39 Å². The summed E-state index contributed by atoms with van der Waals surface area (Å²) < 4.78 is 24.8. The molecule has 0 aliphatic heterocycles. The van der Waals surface area contributed by atoms with Gasteiger partial charge in [-0.15, -0.1) is 0 Å². The minimum Gasteiger partial charge on any atom is -0.493 e. The van der Waals surface area contributed by atoms with Gasteiger partial charge in [-0.2, -0.15) is 5.10 Å². The van der Waals surface area contributed by atoms with Crippen molar-refractivity contribution in [1.82, 2.24) is 10.7 Å². The van der Waals surface area contributed by atoms with Gasteiger partial charge in [-0.3, -0.25) is 9.59 Å². The highest BCUT2D eigenvalue weighted by Crippen LogP contribution is 2.28. The molecular formula is C25H24FN3O4. The zero-order chi connectivity index (χ0) is 23.5. The normalized spacial score (nSPS) is 10.6. The van der Waals surface area contributed by atoms with Crippen molar-refractivity contribution in [3.8, 4) is 11.5 Å². The average Bonchev–Trinajstić information content (AvgIpc) is 2.84. The Labute approximate surface area is 191 Å². The van der Waals surface area contributed by atoms with E-state index in [0.29, 0.717) is 23.7 Å². The van der Waals surface area contributed by atoms with Crippen molar-refractivity contribution in [2.24, 2.45) is 5.10 Å². The molecule has 3 rings (SSSR count). The van der Waals surface area contributed by atoms with Gasteiger partial charge in [-0.05, 0) is 41.5 Å². The maximum Gasteiger partial charge on any atom is 0.254 e. The van der Waals surface area contributed by atoms with Gasteiger partial charge in [0.1, 0.15) is 12.4 Å². The van der Waals surface area contributed by atoms with E-state index in [1.807, 2.05) is 30.3 Å². The summed E-state index contributed by atoms with van der Waals surface area (Å²) in [4.78, 5) is 23.8. The number of carbonyl (C=O) groups is 2. The maximum atomic E-state index is 13.6. The second-order valence-corrected chi connectivity index (χ2v) is 6.96. The lowest BCUT2D eigenvalue weighted by Crippen LogP contribution is -2.29. The number of amides is 2. The zero-order valence-electron chi connectivity index (χ0n) is 18.1. The Kier molecular flexibility index (Phi) is 8.53. The van der Waals surface area contributed by atoms with Crippen LogP contribution < -0.4 is 20.2 Å². The number of hydrazone groups is 1. The molecule has 33 heavy (non-hydrogen) atoms. The van der Waals surface area contributed by atoms with Crippen LogP contribution in [0.2, 0.25) is 0 Å². The van der Waals surface area contributed by atoms with Gasteiger partial charge in [0, 0.05) is 13.0 Å². The van der Waals surface area contributed by atoms with Gasteiger partial charge < -0.3 is 14.8 Å². The molecule has 0 aliphatic carbocycles. The van der Waals surface area contributed by atoms with Gasteiger partial charge in [-0.25, -0.2) is 9.82 Å². The van der Waals surface area contributed by atoms with Crippen molar-refractivity contribution in [2.75, 3.05) is 13.7 Å². The fourth-order valence-electron chi connectivity index (χ4n) is 2.88. The van der Waals surface area contributed by atoms with E-state index in [2.05, 4.69) is 15.8 Å². The van der Waals surface area contributed by atoms with Crippen LogP contribution in [0.15, 0.2) is 77.9 Å². The van der Waals surface area contributed by atoms with Crippen LogP contribution in [-0.2, 0) is 11.4 Å². The van der Waals surface area contributed by atoms with E-state index in [-0.39, 0.29) is 18.5 Å². The smallest absolute Gasteiger partial charge is 0.254 e. The third kappa shape index (κ3) is 7.17. The second-order valence-electron chi connectivity index (χ2n) is 6.96. The van der Waals surface area contributed by atoms with E-state index in [1.165, 1.54) is 24.4 Å². The molecular weight excluding hydrogens is 425 g/mol. The topological polar surface area (TPSA) is 89.0 Å². The number of hydrogen-bond acceptors (Lipinski definition) is 5. The summed E-state index contributed by atoms with van der Waals surface area (Å²) in [7, 11) is 1.54. The molecule has 8 heteroatoms. The van der Waals surface area contributed by atoms with E-state index in [4.69, 9.17) is 9.47 Å². The first kappa shape index (κ1) is 23.5. The van der Waals surface area contributed by atoms with Gasteiger partial charge in [0.2, 0.25) is 5.91 Å². The Bertz CT molecular complexity index is 1120. The molecule has 0 fully saturated rings. The Morgan fingerprint density at radius 1 is 1.00 bits per heavy atom. The average molecular weight is 449 g/mol. The molecule has 7 nitrogen and oxygen atoms in total. The third-order valence-electron chi connectivity index (χ3n) is 4.58. The molecule has 0 aliphatic rings. The van der Waals surface area contributed by atoms with Gasteiger partial charge in [-0.1, -0.05) is 42.5 Å². The van der Waals surface area contributed by atoms with Crippen molar-refractivity contribution in [1.29, 1.82) is 0 Å². The first-order valence-corrected chi connectivity index (χ1v) is 10.3. The molecule has 0 heterocycles. The second kappa shape index (κ2) is 12.0. The fraction of sp³-hybridized carbons (Fsp3) is 0.160. The quantitative estimate of drug-likeness (QED) is 0.365. The lowest BCUT2D eigenvalue weighted by molar-refractivity contribution is -0.120. The predicted octanol–water partition coefficient (Wildman–Crippen LogP) is 3.68. The van der Waals surface area contributed by atoms with Crippen LogP contribution in [0.3, 0.4) is 0 Å². The summed E-state index contributed by atoms with van der Waals surface area (Å²) in [5.74, 6) is -0.456. The molecule has 2 N–H and O–H groups in total. The van der Waals surface area contributed by atoms with Crippen LogP contribution in [-0.4, -0.2) is 31.7 Å². The number of carbonyl (C=O) groups excluding carboxylic acids is 2. The minimum atomic E-state index is -0.615. The fourth-order valence-corrected chi connectivity index (χ4v) is 2.88.